The van der Waals surface area contributed by atoms with E-state index in [-0.39, 0.29) is 28.1 Å². The summed E-state index contributed by atoms with van der Waals surface area (Å²) in [6.07, 6.45) is 0.104. The zero-order chi connectivity index (χ0) is 36.3. The predicted molar refractivity (Wildman–Crippen MR) is 173 cm³/mol. The van der Waals surface area contributed by atoms with Gasteiger partial charge in [-0.2, -0.15) is 13.5 Å². The Morgan fingerprint density at radius 3 is 2.41 bits per heavy atom. The maximum Gasteiger partial charge on any atom is 0.418 e. The third-order valence-electron chi connectivity index (χ3n) is 7.55. The van der Waals surface area contributed by atoms with Gasteiger partial charge >= 0.3 is 16.4 Å². The molecule has 3 heterocycles. The number of ether oxygens (including phenoxy) is 1. The fourth-order valence-electron chi connectivity index (χ4n) is 4.71. The zero-order valence-electron chi connectivity index (χ0n) is 26.5. The number of hydrogen-bond donors (Lipinski definition) is 7. The van der Waals surface area contributed by atoms with Crippen LogP contribution in [0.25, 0.3) is 11.3 Å². The highest BCUT2D eigenvalue weighted by atomic mass is 32.3. The summed E-state index contributed by atoms with van der Waals surface area (Å²) in [6.45, 7) is 3.43. The van der Waals surface area contributed by atoms with Gasteiger partial charge in [0.15, 0.2) is 10.8 Å². The Morgan fingerprint density at radius 1 is 1.22 bits per heavy atom. The van der Waals surface area contributed by atoms with Gasteiger partial charge < -0.3 is 46.3 Å². The molecule has 0 spiro atoms. The number of carbonyl (C=O) groups excluding carboxylic acids is 2. The van der Waals surface area contributed by atoms with Crippen LogP contribution in [0.4, 0.5) is 5.13 Å². The Morgan fingerprint density at radius 2 is 1.88 bits per heavy atom. The molecule has 1 fully saturated rings. The highest BCUT2D eigenvalue weighted by molar-refractivity contribution is 7.80. The zero-order valence-corrected chi connectivity index (χ0v) is 28.1. The first-order valence-electron chi connectivity index (χ1n) is 14.4. The molecular formula is C27H36N10O10S2. The third-order valence-corrected chi connectivity index (χ3v) is 8.56. The quantitative estimate of drug-likeness (QED) is 0.0389. The average molecular weight is 725 g/mol. The summed E-state index contributed by atoms with van der Waals surface area (Å²) >= 11 is 0.947. The molecule has 1 saturated heterocycles. The van der Waals surface area contributed by atoms with Crippen molar-refractivity contribution in [2.24, 2.45) is 29.6 Å². The van der Waals surface area contributed by atoms with Crippen LogP contribution in [0, 0.1) is 11.3 Å². The fourth-order valence-corrected chi connectivity index (χ4v) is 5.71. The summed E-state index contributed by atoms with van der Waals surface area (Å²) in [6, 6.07) is 5.32. The number of nitrogen functional groups attached to an aromatic ring is 1. The molecule has 1 aliphatic heterocycles. The molecule has 1 aliphatic rings. The predicted octanol–water partition coefficient (Wildman–Crippen LogP) is -1.36. The maximum absolute atomic E-state index is 13.2. The Hall–Kier alpha value is -4.87. The van der Waals surface area contributed by atoms with E-state index >= 15 is 0 Å². The summed E-state index contributed by atoms with van der Waals surface area (Å²) in [5.41, 5.74) is 16.9. The van der Waals surface area contributed by atoms with Crippen molar-refractivity contribution in [1.29, 1.82) is 5.41 Å². The SMILES string of the molecule is Cn1c(-c2ccc(OCC(ON=C(C(=O)NC3C(=O)N(OS(=O)(=O)O)C3(C)C)c3csc(N)n3)C(=O)O)cc2)cn(CC(CN)CN)c1=N. The Labute approximate surface area is 283 Å². The van der Waals surface area contributed by atoms with Gasteiger partial charge in [0, 0.05) is 31.1 Å². The van der Waals surface area contributed by atoms with Crippen molar-refractivity contribution < 1.29 is 46.3 Å². The van der Waals surface area contributed by atoms with Crippen molar-refractivity contribution in [3.8, 4) is 17.0 Å². The van der Waals surface area contributed by atoms with E-state index in [2.05, 4.69) is 19.7 Å². The molecule has 0 saturated carbocycles. The van der Waals surface area contributed by atoms with Crippen LogP contribution in [0.15, 0.2) is 41.0 Å². The van der Waals surface area contributed by atoms with Gasteiger partial charge in [0.05, 0.1) is 11.2 Å². The lowest BCUT2D eigenvalue weighted by molar-refractivity contribution is -0.218. The smallest absolute Gasteiger partial charge is 0.418 e. The lowest BCUT2D eigenvalue weighted by Gasteiger charge is -2.50. The van der Waals surface area contributed by atoms with E-state index in [0.717, 1.165) is 22.6 Å². The number of aromatic nitrogens is 3. The number of nitrogens with two attached hydrogens (primary N) is 3. The second kappa shape index (κ2) is 14.7. The molecular weight excluding hydrogens is 688 g/mol. The number of nitrogens with zero attached hydrogens (tertiary/aromatic N) is 5. The van der Waals surface area contributed by atoms with Crippen LogP contribution in [-0.4, -0.2) is 98.1 Å². The number of imidazole rings is 1. The van der Waals surface area contributed by atoms with E-state index in [4.69, 9.17) is 36.7 Å². The van der Waals surface area contributed by atoms with Crippen LogP contribution in [0.2, 0.25) is 0 Å². The number of hydrogen-bond acceptors (Lipinski definition) is 15. The number of carboxylic acid groups (broad SMARTS) is 1. The van der Waals surface area contributed by atoms with Crippen LogP contribution >= 0.6 is 11.3 Å². The number of anilines is 1. The van der Waals surface area contributed by atoms with Crippen LogP contribution in [0.5, 0.6) is 5.75 Å². The Balaban J connectivity index is 1.46. The largest absolute Gasteiger partial charge is 0.489 e. The van der Waals surface area contributed by atoms with E-state index in [0.29, 0.717) is 24.7 Å². The first-order valence-corrected chi connectivity index (χ1v) is 16.6. The molecule has 20 nitrogen and oxygen atoms in total. The summed E-state index contributed by atoms with van der Waals surface area (Å²) in [5.74, 6) is -3.22. The minimum absolute atomic E-state index is 0.0136. The first kappa shape index (κ1) is 37.0. The lowest BCUT2D eigenvalue weighted by Crippen LogP contribution is -2.76. The van der Waals surface area contributed by atoms with Gasteiger partial charge in [-0.1, -0.05) is 5.16 Å². The van der Waals surface area contributed by atoms with Crippen molar-refractivity contribution in [3.05, 3.63) is 47.2 Å². The molecule has 0 bridgehead atoms. The first-order chi connectivity index (χ1) is 23.0. The van der Waals surface area contributed by atoms with Crippen LogP contribution < -0.4 is 32.9 Å². The molecule has 2 unspecified atom stereocenters. The molecule has 2 atom stereocenters. The number of carboxylic acids is 1. The van der Waals surface area contributed by atoms with Crippen LogP contribution in [-0.2, 0) is 47.5 Å². The Bertz CT molecular complexity index is 1900. The molecule has 266 valence electrons. The topological polar surface area (TPSA) is 306 Å². The number of nitrogens with one attached hydrogen (secondary N) is 2. The van der Waals surface area contributed by atoms with E-state index in [1.54, 1.807) is 40.4 Å². The summed E-state index contributed by atoms with van der Waals surface area (Å²) in [7, 11) is -3.28. The molecule has 22 heteroatoms. The number of carbonyl (C=O) groups is 3. The maximum atomic E-state index is 13.2. The van der Waals surface area contributed by atoms with Gasteiger partial charge in [-0.3, -0.25) is 19.6 Å². The summed E-state index contributed by atoms with van der Waals surface area (Å²) < 4.78 is 44.5. The second-order valence-electron chi connectivity index (χ2n) is 11.4. The highest BCUT2D eigenvalue weighted by Gasteiger charge is 2.58. The minimum atomic E-state index is -5.03. The standard InChI is InChI=1S/C27H36N10O10S2/c1-27(2)21(23(39)37(27)47-49(42,43)44)33-22(38)20(17-13-48-25(30)32-17)34-46-19(24(40)41)12-45-16-6-4-15(5-7-16)18-11-36(26(31)35(18)3)10-14(8-28)9-29/h4-7,11,13-14,19,21,31H,8-10,12,28-29H2,1-3H3,(H2,30,32)(H,33,38)(H,40,41)(H,42,43,44). The molecule has 0 radical (unpaired) electrons. The molecule has 10 N–H and O–H groups in total. The van der Waals surface area contributed by atoms with Crippen molar-refractivity contribution >= 4 is 50.4 Å². The Kier molecular flexibility index (Phi) is 11.1. The number of amides is 2. The summed E-state index contributed by atoms with van der Waals surface area (Å²) in [4.78, 5) is 46.9. The van der Waals surface area contributed by atoms with Gasteiger partial charge in [0.2, 0.25) is 5.62 Å². The van der Waals surface area contributed by atoms with Gasteiger partial charge in [-0.05, 0) is 56.8 Å². The number of aliphatic carboxylic acids is 1. The van der Waals surface area contributed by atoms with Crippen molar-refractivity contribution in [2.75, 3.05) is 25.4 Å². The number of rotatable bonds is 16. The molecule has 2 amide bonds. The molecule has 1 aromatic carbocycles. The van der Waals surface area contributed by atoms with Crippen molar-refractivity contribution in [2.45, 2.75) is 38.1 Å². The van der Waals surface area contributed by atoms with E-state index in [9.17, 15) is 27.9 Å². The van der Waals surface area contributed by atoms with E-state index < -0.39 is 58.2 Å². The normalized spacial score (nSPS) is 16.7. The molecule has 4 rings (SSSR count). The van der Waals surface area contributed by atoms with Gasteiger partial charge in [-0.15, -0.1) is 15.6 Å². The van der Waals surface area contributed by atoms with Gasteiger partial charge in [0.1, 0.15) is 24.1 Å². The number of hydroxylamine groups is 2. The number of β-lactam (4-membered cyclic amide) rings is 1. The summed E-state index contributed by atoms with van der Waals surface area (Å²) in [5, 5.41) is 26.0. The third kappa shape index (κ3) is 8.41. The second-order valence-corrected chi connectivity index (χ2v) is 13.3. The molecule has 3 aromatic rings. The molecule has 2 aromatic heterocycles. The molecule has 0 aliphatic carbocycles. The van der Waals surface area contributed by atoms with Gasteiger partial charge in [0.25, 0.3) is 17.9 Å². The van der Waals surface area contributed by atoms with Crippen LogP contribution in [0.1, 0.15) is 19.5 Å². The lowest BCUT2D eigenvalue weighted by atomic mass is 9.84. The minimum Gasteiger partial charge on any atom is -0.489 e. The number of benzene rings is 1. The van der Waals surface area contributed by atoms with Crippen molar-refractivity contribution in [1.82, 2.24) is 24.5 Å². The average Bonchev–Trinajstić information content (AvgIpc) is 3.60. The highest BCUT2D eigenvalue weighted by Crippen LogP contribution is 2.33. The van der Waals surface area contributed by atoms with E-state index in [1.165, 1.54) is 19.2 Å². The number of oxime groups is 1. The number of thiazole rings is 1. The van der Waals surface area contributed by atoms with Crippen molar-refractivity contribution in [3.63, 3.8) is 0 Å². The van der Waals surface area contributed by atoms with Crippen LogP contribution in [0.3, 0.4) is 0 Å². The van der Waals surface area contributed by atoms with E-state index in [1.807, 2.05) is 6.20 Å². The fraction of sp³-hybridized carbons (Fsp3) is 0.407. The van der Waals surface area contributed by atoms with Gasteiger partial charge in [-0.25, -0.2) is 9.78 Å². The molecule has 49 heavy (non-hydrogen) atoms. The monoisotopic (exact) mass is 724 g/mol.